The predicted molar refractivity (Wildman–Crippen MR) is 66.2 cm³/mol. The van der Waals surface area contributed by atoms with E-state index in [1.165, 1.54) is 7.11 Å². The topological polar surface area (TPSA) is 84.1 Å². The van der Waals surface area contributed by atoms with Gasteiger partial charge in [-0.2, -0.15) is 5.10 Å². The standard InChI is InChI=1S/C12H19N3O3/c1-3-5-9-8-10(15-14-9)12(17)13-7-4-6-11(16)18-2/h8H,3-7H2,1-2H3,(H,13,17)(H,14,15). The highest BCUT2D eigenvalue weighted by Gasteiger charge is 2.09. The van der Waals surface area contributed by atoms with Gasteiger partial charge in [0.25, 0.3) is 5.91 Å². The maximum absolute atomic E-state index is 11.7. The number of carbonyl (C=O) groups excluding carboxylic acids is 2. The van der Waals surface area contributed by atoms with Crippen LogP contribution < -0.4 is 5.32 Å². The Morgan fingerprint density at radius 2 is 2.28 bits per heavy atom. The third-order valence-electron chi connectivity index (χ3n) is 2.45. The number of hydrogen-bond acceptors (Lipinski definition) is 4. The van der Waals surface area contributed by atoms with Crippen LogP contribution in [0.1, 0.15) is 42.4 Å². The predicted octanol–water partition coefficient (Wildman–Crippen LogP) is 1.05. The molecule has 0 bridgehead atoms. The van der Waals surface area contributed by atoms with E-state index in [1.54, 1.807) is 6.07 Å². The van der Waals surface area contributed by atoms with Gasteiger partial charge in [-0.25, -0.2) is 0 Å². The van der Waals surface area contributed by atoms with Crippen molar-refractivity contribution in [1.82, 2.24) is 15.5 Å². The Labute approximate surface area is 106 Å². The van der Waals surface area contributed by atoms with E-state index in [-0.39, 0.29) is 11.9 Å². The molecule has 1 rings (SSSR count). The van der Waals surface area contributed by atoms with Crippen LogP contribution in [-0.2, 0) is 16.0 Å². The number of rotatable bonds is 7. The van der Waals surface area contributed by atoms with E-state index in [0.717, 1.165) is 18.5 Å². The molecule has 0 aromatic carbocycles. The number of aromatic amines is 1. The van der Waals surface area contributed by atoms with Crippen LogP contribution in [-0.4, -0.2) is 35.7 Å². The van der Waals surface area contributed by atoms with Gasteiger partial charge in [-0.15, -0.1) is 0 Å². The minimum Gasteiger partial charge on any atom is -0.469 e. The number of esters is 1. The second-order valence-corrected chi connectivity index (χ2v) is 3.96. The van der Waals surface area contributed by atoms with Crippen molar-refractivity contribution in [2.24, 2.45) is 0 Å². The summed E-state index contributed by atoms with van der Waals surface area (Å²) in [6.07, 6.45) is 2.74. The zero-order valence-electron chi connectivity index (χ0n) is 10.8. The average Bonchev–Trinajstić information content (AvgIpc) is 2.83. The number of amides is 1. The first-order valence-electron chi connectivity index (χ1n) is 6.06. The molecule has 2 N–H and O–H groups in total. The second kappa shape index (κ2) is 7.47. The van der Waals surface area contributed by atoms with Crippen molar-refractivity contribution in [1.29, 1.82) is 0 Å². The number of hydrogen-bond donors (Lipinski definition) is 2. The maximum Gasteiger partial charge on any atom is 0.305 e. The molecule has 0 atom stereocenters. The van der Waals surface area contributed by atoms with Gasteiger partial charge < -0.3 is 10.1 Å². The normalized spacial score (nSPS) is 10.1. The molecule has 0 aliphatic carbocycles. The molecule has 0 fully saturated rings. The number of H-pyrrole nitrogens is 1. The quantitative estimate of drug-likeness (QED) is 0.562. The Bertz CT molecular complexity index is 401. The molecule has 1 heterocycles. The summed E-state index contributed by atoms with van der Waals surface area (Å²) in [6.45, 7) is 2.50. The van der Waals surface area contributed by atoms with Crippen LogP contribution in [0.2, 0.25) is 0 Å². The van der Waals surface area contributed by atoms with Crippen molar-refractivity contribution >= 4 is 11.9 Å². The van der Waals surface area contributed by atoms with Crippen LogP contribution in [0, 0.1) is 0 Å². The molecule has 1 aromatic heterocycles. The summed E-state index contributed by atoms with van der Waals surface area (Å²) in [5, 5.41) is 9.46. The molecular formula is C12H19N3O3. The van der Waals surface area contributed by atoms with Crippen LogP contribution in [0.25, 0.3) is 0 Å². The van der Waals surface area contributed by atoms with E-state index in [9.17, 15) is 9.59 Å². The van der Waals surface area contributed by atoms with Crippen molar-refractivity contribution in [2.75, 3.05) is 13.7 Å². The highest BCUT2D eigenvalue weighted by molar-refractivity contribution is 5.92. The SMILES string of the molecule is CCCc1cc(C(=O)NCCCC(=O)OC)n[nH]1. The summed E-state index contributed by atoms with van der Waals surface area (Å²) < 4.78 is 4.50. The molecule has 0 saturated carbocycles. The molecule has 0 spiro atoms. The van der Waals surface area contributed by atoms with Gasteiger partial charge in [0.1, 0.15) is 5.69 Å². The van der Waals surface area contributed by atoms with Crippen molar-refractivity contribution in [3.63, 3.8) is 0 Å². The van der Waals surface area contributed by atoms with Gasteiger partial charge in [-0.05, 0) is 18.9 Å². The lowest BCUT2D eigenvalue weighted by Crippen LogP contribution is -2.25. The highest BCUT2D eigenvalue weighted by Crippen LogP contribution is 2.02. The third-order valence-corrected chi connectivity index (χ3v) is 2.45. The lowest BCUT2D eigenvalue weighted by atomic mass is 10.2. The zero-order valence-corrected chi connectivity index (χ0v) is 10.8. The molecule has 0 radical (unpaired) electrons. The first kappa shape index (κ1) is 14.2. The van der Waals surface area contributed by atoms with E-state index in [0.29, 0.717) is 25.1 Å². The number of aromatic nitrogens is 2. The number of carbonyl (C=O) groups is 2. The number of nitrogens with zero attached hydrogens (tertiary/aromatic N) is 1. The summed E-state index contributed by atoms with van der Waals surface area (Å²) in [7, 11) is 1.35. The van der Waals surface area contributed by atoms with Crippen molar-refractivity contribution < 1.29 is 14.3 Å². The minimum absolute atomic E-state index is 0.224. The number of aryl methyl sites for hydroxylation is 1. The summed E-state index contributed by atoms with van der Waals surface area (Å²) in [5.74, 6) is -0.493. The van der Waals surface area contributed by atoms with Crippen LogP contribution in [0.4, 0.5) is 0 Å². The highest BCUT2D eigenvalue weighted by atomic mass is 16.5. The molecule has 6 heteroatoms. The van der Waals surface area contributed by atoms with E-state index in [2.05, 4.69) is 27.2 Å². The number of methoxy groups -OCH3 is 1. The van der Waals surface area contributed by atoms with E-state index in [4.69, 9.17) is 0 Å². The number of ether oxygens (including phenoxy) is 1. The lowest BCUT2D eigenvalue weighted by Gasteiger charge is -2.02. The molecule has 100 valence electrons. The number of nitrogens with one attached hydrogen (secondary N) is 2. The van der Waals surface area contributed by atoms with Gasteiger partial charge >= 0.3 is 5.97 Å². The van der Waals surface area contributed by atoms with E-state index in [1.807, 2.05) is 0 Å². The zero-order chi connectivity index (χ0) is 13.4. The van der Waals surface area contributed by atoms with E-state index < -0.39 is 0 Å². The smallest absolute Gasteiger partial charge is 0.305 e. The second-order valence-electron chi connectivity index (χ2n) is 3.96. The molecule has 1 aromatic rings. The van der Waals surface area contributed by atoms with Crippen LogP contribution in [0.15, 0.2) is 6.07 Å². The van der Waals surface area contributed by atoms with Gasteiger partial charge in [-0.3, -0.25) is 14.7 Å². The first-order chi connectivity index (χ1) is 8.67. The van der Waals surface area contributed by atoms with Crippen LogP contribution in [0.3, 0.4) is 0 Å². The summed E-state index contributed by atoms with van der Waals surface area (Å²) in [6, 6.07) is 1.75. The molecule has 0 aliphatic rings. The lowest BCUT2D eigenvalue weighted by molar-refractivity contribution is -0.140. The van der Waals surface area contributed by atoms with E-state index >= 15 is 0 Å². The van der Waals surface area contributed by atoms with Gasteiger partial charge in [0.05, 0.1) is 7.11 Å². The van der Waals surface area contributed by atoms with Gasteiger partial charge in [0, 0.05) is 18.7 Å². The Kier molecular flexibility index (Phi) is 5.90. The summed E-state index contributed by atoms with van der Waals surface area (Å²) in [5.41, 5.74) is 1.34. The Morgan fingerprint density at radius 3 is 2.94 bits per heavy atom. The van der Waals surface area contributed by atoms with Gasteiger partial charge in [0.2, 0.25) is 0 Å². The Morgan fingerprint density at radius 1 is 1.50 bits per heavy atom. The molecule has 6 nitrogen and oxygen atoms in total. The molecule has 0 unspecified atom stereocenters. The maximum atomic E-state index is 11.7. The van der Waals surface area contributed by atoms with Crippen LogP contribution in [0.5, 0.6) is 0 Å². The monoisotopic (exact) mass is 253 g/mol. The first-order valence-corrected chi connectivity index (χ1v) is 6.06. The fraction of sp³-hybridized carbons (Fsp3) is 0.583. The Balaban J connectivity index is 2.29. The van der Waals surface area contributed by atoms with Crippen molar-refractivity contribution in [3.05, 3.63) is 17.5 Å². The van der Waals surface area contributed by atoms with Gasteiger partial charge in [0.15, 0.2) is 0 Å². The summed E-state index contributed by atoms with van der Waals surface area (Å²) >= 11 is 0. The molecule has 0 saturated heterocycles. The largest absolute Gasteiger partial charge is 0.469 e. The van der Waals surface area contributed by atoms with Gasteiger partial charge in [-0.1, -0.05) is 13.3 Å². The fourth-order valence-electron chi connectivity index (χ4n) is 1.50. The Hall–Kier alpha value is -1.85. The average molecular weight is 253 g/mol. The molecular weight excluding hydrogens is 234 g/mol. The summed E-state index contributed by atoms with van der Waals surface area (Å²) in [4.78, 5) is 22.5. The molecule has 1 amide bonds. The van der Waals surface area contributed by atoms with Crippen molar-refractivity contribution in [3.8, 4) is 0 Å². The van der Waals surface area contributed by atoms with Crippen molar-refractivity contribution in [2.45, 2.75) is 32.6 Å². The molecule has 0 aliphatic heterocycles. The molecule has 18 heavy (non-hydrogen) atoms. The van der Waals surface area contributed by atoms with Crippen LogP contribution >= 0.6 is 0 Å². The third kappa shape index (κ3) is 4.57. The minimum atomic E-state index is -0.269. The fourth-order valence-corrected chi connectivity index (χ4v) is 1.50.